The van der Waals surface area contributed by atoms with Gasteiger partial charge in [0, 0.05) is 12.7 Å². The lowest BCUT2D eigenvalue weighted by Crippen LogP contribution is -2.43. The van der Waals surface area contributed by atoms with Crippen LogP contribution in [0.2, 0.25) is 0 Å². The lowest BCUT2D eigenvalue weighted by atomic mass is 10.2. The Kier molecular flexibility index (Phi) is 7.11. The van der Waals surface area contributed by atoms with Crippen molar-refractivity contribution in [3.8, 4) is 0 Å². The minimum Gasteiger partial charge on any atom is -0.335 e. The highest BCUT2D eigenvalue weighted by Gasteiger charge is 2.16. The fourth-order valence-electron chi connectivity index (χ4n) is 1.48. The number of anilines is 1. The first-order valence-electron chi connectivity index (χ1n) is 5.77. The van der Waals surface area contributed by atoms with E-state index in [0.29, 0.717) is 5.69 Å². The van der Waals surface area contributed by atoms with Crippen molar-refractivity contribution in [2.24, 2.45) is 5.73 Å². The number of carbonyl (C=O) groups is 2. The third kappa shape index (κ3) is 5.72. The Morgan fingerprint density at radius 2 is 1.84 bits per heavy atom. The predicted molar refractivity (Wildman–Crippen MR) is 78.3 cm³/mol. The summed E-state index contributed by atoms with van der Waals surface area (Å²) in [6, 6.07) is 6.86. The smallest absolute Gasteiger partial charge is 0.243 e. The Bertz CT molecular complexity index is 432. The van der Waals surface area contributed by atoms with Crippen LogP contribution >= 0.6 is 12.4 Å². The molecular weight excluding hydrogens is 266 g/mol. The van der Waals surface area contributed by atoms with Crippen LogP contribution in [-0.4, -0.2) is 36.3 Å². The summed E-state index contributed by atoms with van der Waals surface area (Å²) in [6.07, 6.45) is 0. The van der Waals surface area contributed by atoms with Gasteiger partial charge in [-0.05, 0) is 26.0 Å². The van der Waals surface area contributed by atoms with Crippen LogP contribution in [0.1, 0.15) is 12.5 Å². The van der Waals surface area contributed by atoms with E-state index in [-0.39, 0.29) is 30.8 Å². The summed E-state index contributed by atoms with van der Waals surface area (Å²) in [5, 5.41) is 2.72. The zero-order valence-corrected chi connectivity index (χ0v) is 12.2. The molecular formula is C13H20ClN3O2. The van der Waals surface area contributed by atoms with Crippen LogP contribution in [0, 0.1) is 6.92 Å². The predicted octanol–water partition coefficient (Wildman–Crippen LogP) is 1.16. The Hall–Kier alpha value is -1.59. The molecule has 0 unspecified atom stereocenters. The number of nitrogens with zero attached hydrogens (tertiary/aromatic N) is 1. The number of rotatable bonds is 4. The molecule has 0 bridgehead atoms. The van der Waals surface area contributed by atoms with Crippen molar-refractivity contribution >= 4 is 29.9 Å². The molecule has 1 atom stereocenters. The number of nitrogens with two attached hydrogens (primary N) is 1. The molecule has 5 nitrogen and oxygen atoms in total. The molecule has 2 amide bonds. The molecule has 0 saturated carbocycles. The van der Waals surface area contributed by atoms with Crippen molar-refractivity contribution in [3.63, 3.8) is 0 Å². The maximum Gasteiger partial charge on any atom is 0.243 e. The number of hydrogen-bond donors (Lipinski definition) is 2. The van der Waals surface area contributed by atoms with Gasteiger partial charge in [0.25, 0.3) is 0 Å². The second kappa shape index (κ2) is 7.76. The standard InChI is InChI=1S/C13H19N3O2.ClH/c1-9-4-6-11(7-5-9)15-12(17)8-16(3)13(18)10(2)14;/h4-7,10H,8,14H2,1-3H3,(H,15,17);1H/t10-;/m1./s1. The molecule has 0 aliphatic carbocycles. The molecule has 0 aliphatic heterocycles. The zero-order chi connectivity index (χ0) is 13.7. The van der Waals surface area contributed by atoms with Gasteiger partial charge in [0.2, 0.25) is 11.8 Å². The van der Waals surface area contributed by atoms with E-state index in [0.717, 1.165) is 5.56 Å². The summed E-state index contributed by atoms with van der Waals surface area (Å²) in [4.78, 5) is 24.5. The largest absolute Gasteiger partial charge is 0.335 e. The van der Waals surface area contributed by atoms with Crippen molar-refractivity contribution in [3.05, 3.63) is 29.8 Å². The molecule has 1 aromatic rings. The Balaban J connectivity index is 0.00000324. The molecule has 19 heavy (non-hydrogen) atoms. The molecule has 0 aliphatic rings. The monoisotopic (exact) mass is 285 g/mol. The van der Waals surface area contributed by atoms with E-state index in [4.69, 9.17) is 5.73 Å². The minimum absolute atomic E-state index is 0. The van der Waals surface area contributed by atoms with E-state index in [1.807, 2.05) is 31.2 Å². The quantitative estimate of drug-likeness (QED) is 0.872. The van der Waals surface area contributed by atoms with Gasteiger partial charge >= 0.3 is 0 Å². The summed E-state index contributed by atoms with van der Waals surface area (Å²) in [5.74, 6) is -0.496. The summed E-state index contributed by atoms with van der Waals surface area (Å²) in [7, 11) is 1.56. The van der Waals surface area contributed by atoms with E-state index in [1.165, 1.54) is 4.90 Å². The summed E-state index contributed by atoms with van der Waals surface area (Å²) in [6.45, 7) is 3.56. The van der Waals surface area contributed by atoms with Crippen molar-refractivity contribution in [2.45, 2.75) is 19.9 Å². The SMILES string of the molecule is Cc1ccc(NC(=O)CN(C)C(=O)[C@@H](C)N)cc1.Cl. The highest BCUT2D eigenvalue weighted by Crippen LogP contribution is 2.08. The molecule has 0 saturated heterocycles. The zero-order valence-electron chi connectivity index (χ0n) is 11.3. The van der Waals surface area contributed by atoms with Gasteiger partial charge in [-0.15, -0.1) is 12.4 Å². The van der Waals surface area contributed by atoms with Crippen molar-refractivity contribution in [1.29, 1.82) is 0 Å². The Morgan fingerprint density at radius 3 is 2.32 bits per heavy atom. The van der Waals surface area contributed by atoms with Crippen LogP contribution in [-0.2, 0) is 9.59 Å². The van der Waals surface area contributed by atoms with Gasteiger partial charge in [0.15, 0.2) is 0 Å². The van der Waals surface area contributed by atoms with Gasteiger partial charge in [0.05, 0.1) is 12.6 Å². The average Bonchev–Trinajstić information content (AvgIpc) is 2.30. The molecule has 0 radical (unpaired) electrons. The van der Waals surface area contributed by atoms with Crippen LogP contribution in [0.25, 0.3) is 0 Å². The van der Waals surface area contributed by atoms with E-state index < -0.39 is 6.04 Å². The fraction of sp³-hybridized carbons (Fsp3) is 0.385. The second-order valence-electron chi connectivity index (χ2n) is 4.40. The number of likely N-dealkylation sites (N-methyl/N-ethyl adjacent to an activating group) is 1. The topological polar surface area (TPSA) is 75.4 Å². The number of hydrogen-bond acceptors (Lipinski definition) is 3. The normalized spacial score (nSPS) is 11.2. The first-order chi connectivity index (χ1) is 8.40. The molecule has 0 spiro atoms. The molecule has 6 heteroatoms. The number of halogens is 1. The van der Waals surface area contributed by atoms with Crippen molar-refractivity contribution in [2.75, 3.05) is 18.9 Å². The number of aryl methyl sites for hydroxylation is 1. The van der Waals surface area contributed by atoms with Crippen molar-refractivity contribution < 1.29 is 9.59 Å². The lowest BCUT2D eigenvalue weighted by molar-refractivity contribution is -0.134. The highest BCUT2D eigenvalue weighted by atomic mass is 35.5. The third-order valence-corrected chi connectivity index (χ3v) is 2.48. The minimum atomic E-state index is -0.595. The number of carbonyl (C=O) groups excluding carboxylic acids is 2. The second-order valence-corrected chi connectivity index (χ2v) is 4.40. The van der Waals surface area contributed by atoms with E-state index in [1.54, 1.807) is 14.0 Å². The number of amides is 2. The van der Waals surface area contributed by atoms with Gasteiger partial charge in [-0.25, -0.2) is 0 Å². The van der Waals surface area contributed by atoms with E-state index in [9.17, 15) is 9.59 Å². The highest BCUT2D eigenvalue weighted by molar-refractivity contribution is 5.95. The fourth-order valence-corrected chi connectivity index (χ4v) is 1.48. The summed E-state index contributed by atoms with van der Waals surface area (Å²) >= 11 is 0. The van der Waals surface area contributed by atoms with Gasteiger partial charge in [-0.1, -0.05) is 17.7 Å². The van der Waals surface area contributed by atoms with Crippen LogP contribution in [0.4, 0.5) is 5.69 Å². The molecule has 3 N–H and O–H groups in total. The molecule has 106 valence electrons. The van der Waals surface area contributed by atoms with Crippen LogP contribution < -0.4 is 11.1 Å². The number of nitrogens with one attached hydrogen (secondary N) is 1. The molecule has 0 fully saturated rings. The van der Waals surface area contributed by atoms with Gasteiger partial charge in [-0.2, -0.15) is 0 Å². The molecule has 1 aromatic carbocycles. The van der Waals surface area contributed by atoms with Gasteiger partial charge < -0.3 is 16.0 Å². The Labute approximate surface area is 119 Å². The molecule has 0 heterocycles. The van der Waals surface area contributed by atoms with E-state index >= 15 is 0 Å². The van der Waals surface area contributed by atoms with Crippen LogP contribution in [0.5, 0.6) is 0 Å². The summed E-state index contributed by atoms with van der Waals surface area (Å²) < 4.78 is 0. The van der Waals surface area contributed by atoms with E-state index in [2.05, 4.69) is 5.32 Å². The molecule has 1 rings (SSSR count). The van der Waals surface area contributed by atoms with Crippen LogP contribution in [0.3, 0.4) is 0 Å². The molecule has 0 aromatic heterocycles. The maximum atomic E-state index is 11.7. The summed E-state index contributed by atoms with van der Waals surface area (Å²) in [5.41, 5.74) is 7.30. The van der Waals surface area contributed by atoms with Crippen molar-refractivity contribution in [1.82, 2.24) is 4.90 Å². The van der Waals surface area contributed by atoms with Gasteiger partial charge in [-0.3, -0.25) is 9.59 Å². The average molecular weight is 286 g/mol. The number of benzene rings is 1. The first-order valence-corrected chi connectivity index (χ1v) is 5.77. The van der Waals surface area contributed by atoms with Crippen LogP contribution in [0.15, 0.2) is 24.3 Å². The maximum absolute atomic E-state index is 11.7. The Morgan fingerprint density at radius 1 is 1.32 bits per heavy atom. The van der Waals surface area contributed by atoms with Gasteiger partial charge in [0.1, 0.15) is 0 Å². The third-order valence-electron chi connectivity index (χ3n) is 2.48. The first kappa shape index (κ1) is 17.4. The lowest BCUT2D eigenvalue weighted by Gasteiger charge is -2.18.